The predicted molar refractivity (Wildman–Crippen MR) is 85.5 cm³/mol. The van der Waals surface area contributed by atoms with Crippen molar-refractivity contribution in [3.05, 3.63) is 53.5 Å². The van der Waals surface area contributed by atoms with Gasteiger partial charge in [-0.25, -0.2) is 8.91 Å². The molecule has 0 radical (unpaired) electrons. The Kier molecular flexibility index (Phi) is 2.87. The van der Waals surface area contributed by atoms with Crippen LogP contribution in [0.3, 0.4) is 0 Å². The van der Waals surface area contributed by atoms with Gasteiger partial charge in [-0.15, -0.1) is 0 Å². The number of aromatic nitrogens is 2. The molecular formula is C17H15FN4O. The molecule has 1 aromatic carbocycles. The Morgan fingerprint density at radius 1 is 1.26 bits per heavy atom. The molecule has 1 saturated carbocycles. The number of hydrogen-bond acceptors (Lipinski definition) is 3. The second-order valence-corrected chi connectivity index (χ2v) is 5.88. The molecule has 3 aromatic rings. The number of carbonyl (C=O) groups excluding carboxylic acids is 1. The van der Waals surface area contributed by atoms with E-state index in [1.807, 2.05) is 6.07 Å². The number of nitrogen functional groups attached to an aromatic ring is 1. The van der Waals surface area contributed by atoms with Crippen molar-refractivity contribution >= 4 is 17.1 Å². The van der Waals surface area contributed by atoms with Gasteiger partial charge in [-0.3, -0.25) is 4.79 Å². The molecule has 2 heterocycles. The van der Waals surface area contributed by atoms with Gasteiger partial charge in [0.25, 0.3) is 5.91 Å². The van der Waals surface area contributed by atoms with Crippen LogP contribution in [-0.2, 0) is 0 Å². The minimum atomic E-state index is -0.564. The first-order valence-electron chi connectivity index (χ1n) is 7.42. The number of nitrogens with zero attached hydrogens (tertiary/aromatic N) is 2. The highest BCUT2D eigenvalue weighted by atomic mass is 19.1. The van der Waals surface area contributed by atoms with Crippen molar-refractivity contribution in [1.29, 1.82) is 0 Å². The monoisotopic (exact) mass is 310 g/mol. The number of nitrogens with two attached hydrogens (primary N) is 2. The van der Waals surface area contributed by atoms with Crippen molar-refractivity contribution in [2.24, 2.45) is 5.73 Å². The number of pyridine rings is 1. The van der Waals surface area contributed by atoms with Gasteiger partial charge in [0.15, 0.2) is 0 Å². The minimum absolute atomic E-state index is 0.332. The third-order valence-electron chi connectivity index (χ3n) is 4.22. The van der Waals surface area contributed by atoms with Crippen LogP contribution in [0.25, 0.3) is 16.8 Å². The Morgan fingerprint density at radius 2 is 1.96 bits per heavy atom. The Labute approximate surface area is 131 Å². The van der Waals surface area contributed by atoms with E-state index >= 15 is 0 Å². The van der Waals surface area contributed by atoms with Crippen LogP contribution in [0.1, 0.15) is 34.7 Å². The van der Waals surface area contributed by atoms with Gasteiger partial charge in [-0.05, 0) is 54.7 Å². The quantitative estimate of drug-likeness (QED) is 0.780. The molecule has 0 aliphatic heterocycles. The fourth-order valence-corrected chi connectivity index (χ4v) is 2.92. The van der Waals surface area contributed by atoms with E-state index in [-0.39, 0.29) is 5.82 Å². The molecular weight excluding hydrogens is 295 g/mol. The van der Waals surface area contributed by atoms with Crippen LogP contribution in [0.5, 0.6) is 0 Å². The topological polar surface area (TPSA) is 86.4 Å². The number of fused-ring (bicyclic) bond motifs is 1. The molecule has 1 amide bonds. The lowest BCUT2D eigenvalue weighted by Gasteiger charge is -2.05. The zero-order valence-electron chi connectivity index (χ0n) is 12.3. The zero-order valence-corrected chi connectivity index (χ0v) is 12.3. The molecule has 5 nitrogen and oxygen atoms in total. The molecule has 0 spiro atoms. The second-order valence-electron chi connectivity index (χ2n) is 5.88. The number of rotatable bonds is 3. The van der Waals surface area contributed by atoms with Gasteiger partial charge < -0.3 is 11.5 Å². The number of amides is 1. The molecule has 2 aromatic heterocycles. The summed E-state index contributed by atoms with van der Waals surface area (Å²) in [5, 5.41) is 4.43. The van der Waals surface area contributed by atoms with Crippen molar-refractivity contribution in [3.63, 3.8) is 0 Å². The highest BCUT2D eigenvalue weighted by Gasteiger charge is 2.28. The number of halogens is 1. The van der Waals surface area contributed by atoms with Crippen LogP contribution in [0.15, 0.2) is 36.5 Å². The van der Waals surface area contributed by atoms with Crippen LogP contribution >= 0.6 is 0 Å². The molecule has 0 unspecified atom stereocenters. The van der Waals surface area contributed by atoms with E-state index in [9.17, 15) is 9.18 Å². The van der Waals surface area contributed by atoms with Gasteiger partial charge in [0.05, 0.1) is 23.0 Å². The minimum Gasteiger partial charge on any atom is -0.397 e. The predicted octanol–water partition coefficient (Wildman–Crippen LogP) is 2.70. The Hall–Kier alpha value is -2.89. The summed E-state index contributed by atoms with van der Waals surface area (Å²) < 4.78 is 14.7. The fraction of sp³-hybridized carbons (Fsp3) is 0.176. The maximum Gasteiger partial charge on any atom is 0.253 e. The molecule has 0 atom stereocenters. The SMILES string of the molecule is NC(=O)c1c(-c2ccc(F)cc2)nn2cc(N)c(C3CC3)cc12. The molecule has 0 bridgehead atoms. The summed E-state index contributed by atoms with van der Waals surface area (Å²) in [6.07, 6.45) is 3.92. The lowest BCUT2D eigenvalue weighted by molar-refractivity contribution is 0.100. The van der Waals surface area contributed by atoms with Crippen molar-refractivity contribution in [2.45, 2.75) is 18.8 Å². The molecule has 0 saturated heterocycles. The first-order valence-corrected chi connectivity index (χ1v) is 7.42. The average Bonchev–Trinajstić information content (AvgIpc) is 3.28. The number of benzene rings is 1. The summed E-state index contributed by atoms with van der Waals surface area (Å²) >= 11 is 0. The van der Waals surface area contributed by atoms with Crippen LogP contribution < -0.4 is 11.5 Å². The highest BCUT2D eigenvalue weighted by molar-refractivity contribution is 6.05. The second kappa shape index (κ2) is 4.81. The first-order chi connectivity index (χ1) is 11.0. The number of primary amides is 1. The summed E-state index contributed by atoms with van der Waals surface area (Å²) in [6, 6.07) is 7.71. The number of hydrogen-bond donors (Lipinski definition) is 2. The molecule has 1 aliphatic rings. The van der Waals surface area contributed by atoms with E-state index in [1.54, 1.807) is 22.8 Å². The van der Waals surface area contributed by atoms with Gasteiger partial charge in [0.1, 0.15) is 11.5 Å². The van der Waals surface area contributed by atoms with Gasteiger partial charge in [-0.1, -0.05) is 0 Å². The lowest BCUT2D eigenvalue weighted by atomic mass is 10.0. The fourth-order valence-electron chi connectivity index (χ4n) is 2.92. The Bertz CT molecular complexity index is 926. The summed E-state index contributed by atoms with van der Waals surface area (Å²) in [6.45, 7) is 0. The lowest BCUT2D eigenvalue weighted by Crippen LogP contribution is -2.12. The molecule has 6 heteroatoms. The average molecular weight is 310 g/mol. The highest BCUT2D eigenvalue weighted by Crippen LogP contribution is 2.43. The van der Waals surface area contributed by atoms with Gasteiger partial charge in [0, 0.05) is 5.56 Å². The van der Waals surface area contributed by atoms with Gasteiger partial charge in [0.2, 0.25) is 0 Å². The summed E-state index contributed by atoms with van der Waals surface area (Å²) in [4.78, 5) is 12.0. The molecule has 4 N–H and O–H groups in total. The van der Waals surface area contributed by atoms with Crippen molar-refractivity contribution in [1.82, 2.24) is 9.61 Å². The van der Waals surface area contributed by atoms with E-state index in [0.717, 1.165) is 18.4 Å². The van der Waals surface area contributed by atoms with E-state index in [1.165, 1.54) is 12.1 Å². The van der Waals surface area contributed by atoms with Gasteiger partial charge >= 0.3 is 0 Å². The smallest absolute Gasteiger partial charge is 0.253 e. The number of carbonyl (C=O) groups is 1. The maximum atomic E-state index is 13.1. The molecule has 116 valence electrons. The van der Waals surface area contributed by atoms with Gasteiger partial charge in [-0.2, -0.15) is 5.10 Å². The molecule has 1 fully saturated rings. The summed E-state index contributed by atoms with van der Waals surface area (Å²) in [5.41, 5.74) is 15.4. The van der Waals surface area contributed by atoms with E-state index in [2.05, 4.69) is 5.10 Å². The maximum absolute atomic E-state index is 13.1. The molecule has 23 heavy (non-hydrogen) atoms. The molecule has 1 aliphatic carbocycles. The summed E-state index contributed by atoms with van der Waals surface area (Å²) in [5.74, 6) is -0.464. The van der Waals surface area contributed by atoms with Crippen LogP contribution in [0.2, 0.25) is 0 Å². The van der Waals surface area contributed by atoms with Crippen LogP contribution in [0, 0.1) is 5.82 Å². The first kappa shape index (κ1) is 13.8. The number of anilines is 1. The third kappa shape index (κ3) is 2.23. The van der Waals surface area contributed by atoms with Crippen LogP contribution in [-0.4, -0.2) is 15.5 Å². The standard InChI is InChI=1S/C17H15FN4O/c18-11-5-3-10(4-6-11)16-15(17(20)23)14-7-12(9-1-2-9)13(19)8-22(14)21-16/h3-9H,1-2,19H2,(H2,20,23). The van der Waals surface area contributed by atoms with Crippen molar-refractivity contribution < 1.29 is 9.18 Å². The van der Waals surface area contributed by atoms with Crippen LogP contribution in [0.4, 0.5) is 10.1 Å². The Morgan fingerprint density at radius 3 is 2.57 bits per heavy atom. The normalized spacial score (nSPS) is 14.3. The molecule has 4 rings (SSSR count). The largest absolute Gasteiger partial charge is 0.397 e. The summed E-state index contributed by atoms with van der Waals surface area (Å²) in [7, 11) is 0. The van der Waals surface area contributed by atoms with Crippen molar-refractivity contribution in [3.8, 4) is 11.3 Å². The third-order valence-corrected chi connectivity index (χ3v) is 4.22. The van der Waals surface area contributed by atoms with E-state index in [4.69, 9.17) is 11.5 Å². The van der Waals surface area contributed by atoms with Crippen molar-refractivity contribution in [2.75, 3.05) is 5.73 Å². The Balaban J connectivity index is 1.98. The van der Waals surface area contributed by atoms with E-state index < -0.39 is 5.91 Å². The zero-order chi connectivity index (χ0) is 16.1. The van der Waals surface area contributed by atoms with E-state index in [0.29, 0.717) is 33.9 Å².